The van der Waals surface area contributed by atoms with E-state index in [1.807, 2.05) is 12.1 Å². The molecular weight excluding hydrogens is 298 g/mol. The van der Waals surface area contributed by atoms with Crippen molar-refractivity contribution in [2.24, 2.45) is 0 Å². The lowest BCUT2D eigenvalue weighted by Crippen LogP contribution is -2.47. The Morgan fingerprint density at radius 1 is 1.19 bits per heavy atom. The van der Waals surface area contributed by atoms with Crippen LogP contribution in [0.15, 0.2) is 24.3 Å². The molecule has 2 nitrogen and oxygen atoms in total. The molecule has 0 N–H and O–H groups in total. The summed E-state index contributed by atoms with van der Waals surface area (Å²) in [5.74, 6) is 0. The molecule has 0 atom stereocenters. The van der Waals surface area contributed by atoms with Crippen molar-refractivity contribution in [2.75, 3.05) is 18.0 Å². The van der Waals surface area contributed by atoms with E-state index < -0.39 is 8.32 Å². The van der Waals surface area contributed by atoms with Gasteiger partial charge in [0.05, 0.1) is 0 Å². The summed E-state index contributed by atoms with van der Waals surface area (Å²) in [5.41, 5.74) is 1.23. The van der Waals surface area contributed by atoms with Crippen molar-refractivity contribution in [1.82, 2.24) is 0 Å². The number of anilines is 1. The fourth-order valence-corrected chi connectivity index (χ4v) is 4.11. The van der Waals surface area contributed by atoms with E-state index in [0.717, 1.165) is 31.0 Å². The van der Waals surface area contributed by atoms with Crippen molar-refractivity contribution in [3.63, 3.8) is 0 Å². The van der Waals surface area contributed by atoms with Gasteiger partial charge in [-0.3, -0.25) is 0 Å². The Balaban J connectivity index is 1.92. The molecule has 0 radical (unpaired) electrons. The zero-order chi connectivity index (χ0) is 15.7. The summed E-state index contributed by atoms with van der Waals surface area (Å²) in [4.78, 5) is 2.41. The standard InChI is InChI=1S/C17H28ClNOSi/c1-17(2,3)21(4,5)20-16-9-11-19(12-10-16)15-8-6-7-14(18)13-15/h6-8,13,16H,9-12H2,1-5H3. The first-order chi connectivity index (χ1) is 9.69. The second kappa shape index (κ2) is 6.31. The van der Waals surface area contributed by atoms with E-state index in [-0.39, 0.29) is 5.04 Å². The van der Waals surface area contributed by atoms with Gasteiger partial charge in [-0.15, -0.1) is 0 Å². The number of halogens is 1. The topological polar surface area (TPSA) is 12.5 Å². The molecule has 118 valence electrons. The van der Waals surface area contributed by atoms with Crippen LogP contribution in [0.2, 0.25) is 23.2 Å². The maximum Gasteiger partial charge on any atom is 0.192 e. The Morgan fingerprint density at radius 3 is 2.33 bits per heavy atom. The van der Waals surface area contributed by atoms with Crippen molar-refractivity contribution < 1.29 is 4.43 Å². The minimum absolute atomic E-state index is 0.289. The highest BCUT2D eigenvalue weighted by Crippen LogP contribution is 2.38. The second-order valence-corrected chi connectivity index (χ2v) is 12.7. The molecule has 1 fully saturated rings. The number of rotatable bonds is 3. The van der Waals surface area contributed by atoms with Crippen LogP contribution in [0.3, 0.4) is 0 Å². The van der Waals surface area contributed by atoms with Crippen molar-refractivity contribution in [3.05, 3.63) is 29.3 Å². The van der Waals surface area contributed by atoms with Crippen LogP contribution in [0.25, 0.3) is 0 Å². The summed E-state index contributed by atoms with van der Waals surface area (Å²) >= 11 is 6.08. The molecule has 1 aliphatic heterocycles. The number of hydrogen-bond donors (Lipinski definition) is 0. The molecule has 0 saturated carbocycles. The predicted molar refractivity (Wildman–Crippen MR) is 95.0 cm³/mol. The molecule has 1 aliphatic rings. The summed E-state index contributed by atoms with van der Waals surface area (Å²) < 4.78 is 6.54. The summed E-state index contributed by atoms with van der Waals surface area (Å²) in [6, 6.07) is 8.14. The predicted octanol–water partition coefficient (Wildman–Crippen LogP) is 5.33. The van der Waals surface area contributed by atoms with E-state index in [9.17, 15) is 0 Å². The Kier molecular flexibility index (Phi) is 5.06. The average Bonchev–Trinajstić information content (AvgIpc) is 2.38. The third-order valence-electron chi connectivity index (χ3n) is 4.88. The molecule has 2 rings (SSSR count). The Labute approximate surface area is 135 Å². The summed E-state index contributed by atoms with van der Waals surface area (Å²) in [6.07, 6.45) is 2.64. The Hall–Kier alpha value is -0.513. The van der Waals surface area contributed by atoms with Gasteiger partial charge < -0.3 is 9.33 Å². The fourth-order valence-electron chi connectivity index (χ4n) is 2.50. The zero-order valence-electron chi connectivity index (χ0n) is 13.9. The highest BCUT2D eigenvalue weighted by atomic mass is 35.5. The van der Waals surface area contributed by atoms with Gasteiger partial charge in [0.1, 0.15) is 0 Å². The molecule has 4 heteroatoms. The van der Waals surface area contributed by atoms with Crippen molar-refractivity contribution >= 4 is 25.6 Å². The normalized spacial score (nSPS) is 18.1. The van der Waals surface area contributed by atoms with Gasteiger partial charge >= 0.3 is 0 Å². The van der Waals surface area contributed by atoms with Crippen LogP contribution < -0.4 is 4.90 Å². The van der Waals surface area contributed by atoms with Crippen LogP contribution >= 0.6 is 11.6 Å². The molecular formula is C17H28ClNOSi. The Morgan fingerprint density at radius 2 is 1.81 bits per heavy atom. The zero-order valence-corrected chi connectivity index (χ0v) is 15.7. The van der Waals surface area contributed by atoms with E-state index in [4.69, 9.17) is 16.0 Å². The monoisotopic (exact) mass is 325 g/mol. The number of benzene rings is 1. The number of piperidine rings is 1. The van der Waals surface area contributed by atoms with Crippen LogP contribution in [-0.2, 0) is 4.43 Å². The van der Waals surface area contributed by atoms with Crippen LogP contribution in [0.4, 0.5) is 5.69 Å². The van der Waals surface area contributed by atoms with Gasteiger partial charge in [-0.2, -0.15) is 0 Å². The molecule has 0 aliphatic carbocycles. The third-order valence-corrected chi connectivity index (χ3v) is 9.65. The molecule has 1 aromatic rings. The summed E-state index contributed by atoms with van der Waals surface area (Å²) in [7, 11) is -1.64. The largest absolute Gasteiger partial charge is 0.414 e. The SMILES string of the molecule is CC(C)(C)[Si](C)(C)OC1CCN(c2cccc(Cl)c2)CC1. The van der Waals surface area contributed by atoms with E-state index >= 15 is 0 Å². The average molecular weight is 326 g/mol. The van der Waals surface area contributed by atoms with Gasteiger partial charge in [-0.1, -0.05) is 38.4 Å². The molecule has 0 unspecified atom stereocenters. The highest BCUT2D eigenvalue weighted by Gasteiger charge is 2.39. The summed E-state index contributed by atoms with van der Waals surface area (Å²) in [6.45, 7) is 13.7. The van der Waals surface area contributed by atoms with Gasteiger partial charge in [-0.25, -0.2) is 0 Å². The third kappa shape index (κ3) is 4.24. The highest BCUT2D eigenvalue weighted by molar-refractivity contribution is 6.74. The minimum Gasteiger partial charge on any atom is -0.414 e. The van der Waals surface area contributed by atoms with E-state index in [0.29, 0.717) is 6.10 Å². The first-order valence-corrected chi connectivity index (χ1v) is 11.2. The lowest BCUT2D eigenvalue weighted by atomic mass is 10.1. The molecule has 21 heavy (non-hydrogen) atoms. The van der Waals surface area contributed by atoms with Crippen LogP contribution in [-0.4, -0.2) is 27.5 Å². The smallest absolute Gasteiger partial charge is 0.192 e. The Bertz CT molecular complexity index is 476. The van der Waals surface area contributed by atoms with Crippen molar-refractivity contribution in [3.8, 4) is 0 Å². The van der Waals surface area contributed by atoms with Crippen molar-refractivity contribution in [2.45, 2.75) is 57.8 Å². The minimum atomic E-state index is -1.64. The maximum absolute atomic E-state index is 6.54. The van der Waals surface area contributed by atoms with E-state index in [1.165, 1.54) is 5.69 Å². The number of hydrogen-bond acceptors (Lipinski definition) is 2. The molecule has 0 amide bonds. The molecule has 1 saturated heterocycles. The van der Waals surface area contributed by atoms with Gasteiger partial charge in [-0.05, 0) is 49.2 Å². The van der Waals surface area contributed by atoms with Gasteiger partial charge in [0.25, 0.3) is 0 Å². The molecule has 0 bridgehead atoms. The molecule has 0 spiro atoms. The van der Waals surface area contributed by atoms with E-state index in [2.05, 4.69) is 50.9 Å². The fraction of sp³-hybridized carbons (Fsp3) is 0.647. The first kappa shape index (κ1) is 16.9. The van der Waals surface area contributed by atoms with E-state index in [1.54, 1.807) is 0 Å². The second-order valence-electron chi connectivity index (χ2n) is 7.54. The van der Waals surface area contributed by atoms with Crippen LogP contribution in [0, 0.1) is 0 Å². The van der Waals surface area contributed by atoms with Crippen LogP contribution in [0.5, 0.6) is 0 Å². The van der Waals surface area contributed by atoms with Gasteiger partial charge in [0.15, 0.2) is 8.32 Å². The quantitative estimate of drug-likeness (QED) is 0.696. The first-order valence-electron chi connectivity index (χ1n) is 7.87. The molecule has 0 aromatic heterocycles. The number of nitrogens with zero attached hydrogens (tertiary/aromatic N) is 1. The van der Waals surface area contributed by atoms with Crippen LogP contribution in [0.1, 0.15) is 33.6 Å². The molecule has 1 aromatic carbocycles. The van der Waals surface area contributed by atoms with Crippen molar-refractivity contribution in [1.29, 1.82) is 0 Å². The summed E-state index contributed by atoms with van der Waals surface area (Å²) in [5, 5.41) is 1.10. The molecule has 1 heterocycles. The lowest BCUT2D eigenvalue weighted by Gasteiger charge is -2.42. The van der Waals surface area contributed by atoms with Gasteiger partial charge in [0.2, 0.25) is 0 Å². The lowest BCUT2D eigenvalue weighted by molar-refractivity contribution is 0.152. The maximum atomic E-state index is 6.54. The van der Waals surface area contributed by atoms with Gasteiger partial charge in [0, 0.05) is 29.9 Å².